The van der Waals surface area contributed by atoms with Gasteiger partial charge in [0.25, 0.3) is 0 Å². The predicted octanol–water partition coefficient (Wildman–Crippen LogP) is 4.35. The molecular formula is C16H22ClN3. The van der Waals surface area contributed by atoms with Gasteiger partial charge in [-0.2, -0.15) is 0 Å². The van der Waals surface area contributed by atoms with E-state index in [0.29, 0.717) is 17.8 Å². The Morgan fingerprint density at radius 2 is 2.15 bits per heavy atom. The molecule has 1 fully saturated rings. The van der Waals surface area contributed by atoms with Gasteiger partial charge in [0, 0.05) is 24.5 Å². The summed E-state index contributed by atoms with van der Waals surface area (Å²) in [6, 6.07) is 4.54. The predicted molar refractivity (Wildman–Crippen MR) is 83.2 cm³/mol. The second kappa shape index (κ2) is 6.13. The normalized spacial score (nSPS) is 23.9. The van der Waals surface area contributed by atoms with Gasteiger partial charge in [0.05, 0.1) is 0 Å². The Kier molecular flexibility index (Phi) is 4.25. The number of nitrogens with zero attached hydrogens (tertiary/aromatic N) is 3. The van der Waals surface area contributed by atoms with Crippen molar-refractivity contribution in [2.24, 2.45) is 5.92 Å². The summed E-state index contributed by atoms with van der Waals surface area (Å²) >= 11 is 5.97. The van der Waals surface area contributed by atoms with Crippen molar-refractivity contribution in [1.82, 2.24) is 14.5 Å². The Balaban J connectivity index is 2.09. The van der Waals surface area contributed by atoms with Gasteiger partial charge in [-0.15, -0.1) is 11.6 Å². The Labute approximate surface area is 125 Å². The third kappa shape index (κ3) is 2.56. The van der Waals surface area contributed by atoms with Crippen LogP contribution in [0.1, 0.15) is 50.9 Å². The molecule has 1 saturated carbocycles. The van der Waals surface area contributed by atoms with E-state index in [1.165, 1.54) is 32.1 Å². The second-order valence-corrected chi connectivity index (χ2v) is 6.24. The van der Waals surface area contributed by atoms with Crippen molar-refractivity contribution in [3.63, 3.8) is 0 Å². The van der Waals surface area contributed by atoms with Gasteiger partial charge >= 0.3 is 0 Å². The summed E-state index contributed by atoms with van der Waals surface area (Å²) in [6.07, 6.45) is 9.24. The van der Waals surface area contributed by atoms with E-state index in [-0.39, 0.29) is 0 Å². The lowest BCUT2D eigenvalue weighted by Crippen LogP contribution is -2.19. The minimum absolute atomic E-state index is 0.524. The van der Waals surface area contributed by atoms with E-state index >= 15 is 0 Å². The van der Waals surface area contributed by atoms with Crippen molar-refractivity contribution in [3.8, 4) is 0 Å². The largest absolute Gasteiger partial charge is 0.309 e. The summed E-state index contributed by atoms with van der Waals surface area (Å²) in [7, 11) is 0. The number of fused-ring (bicyclic) bond motifs is 1. The minimum Gasteiger partial charge on any atom is -0.309 e. The summed E-state index contributed by atoms with van der Waals surface area (Å²) in [6.45, 7) is 2.37. The first-order chi connectivity index (χ1) is 9.81. The molecule has 2 aromatic heterocycles. The zero-order valence-electron chi connectivity index (χ0n) is 12.1. The highest BCUT2D eigenvalue weighted by atomic mass is 35.5. The maximum absolute atomic E-state index is 5.97. The Morgan fingerprint density at radius 1 is 1.30 bits per heavy atom. The molecule has 0 radical (unpaired) electrons. The van der Waals surface area contributed by atoms with Crippen LogP contribution in [-0.2, 0) is 6.42 Å². The highest BCUT2D eigenvalue weighted by Crippen LogP contribution is 2.35. The van der Waals surface area contributed by atoms with Gasteiger partial charge in [-0.1, -0.05) is 26.2 Å². The van der Waals surface area contributed by atoms with E-state index in [4.69, 9.17) is 16.6 Å². The van der Waals surface area contributed by atoms with Gasteiger partial charge in [0.15, 0.2) is 5.65 Å². The van der Waals surface area contributed by atoms with E-state index in [1.807, 2.05) is 12.3 Å². The number of aryl methyl sites for hydroxylation is 1. The summed E-state index contributed by atoms with van der Waals surface area (Å²) in [4.78, 5) is 9.34. The fraction of sp³-hybridized carbons (Fsp3) is 0.625. The maximum atomic E-state index is 5.97. The van der Waals surface area contributed by atoms with E-state index in [1.54, 1.807) is 0 Å². The van der Waals surface area contributed by atoms with Crippen LogP contribution in [-0.4, -0.2) is 20.4 Å². The van der Waals surface area contributed by atoms with Gasteiger partial charge < -0.3 is 4.57 Å². The van der Waals surface area contributed by atoms with Gasteiger partial charge in [-0.3, -0.25) is 0 Å². The van der Waals surface area contributed by atoms with Crippen LogP contribution in [0.2, 0.25) is 0 Å². The maximum Gasteiger partial charge on any atom is 0.160 e. The molecule has 0 N–H and O–H groups in total. The Hall–Kier alpha value is -1.09. The highest BCUT2D eigenvalue weighted by Gasteiger charge is 2.25. The first kappa shape index (κ1) is 13.9. The molecular weight excluding hydrogens is 270 g/mol. The molecule has 2 atom stereocenters. The molecule has 0 aromatic carbocycles. The molecule has 2 heterocycles. The quantitative estimate of drug-likeness (QED) is 0.621. The lowest BCUT2D eigenvalue weighted by Gasteiger charge is -2.25. The van der Waals surface area contributed by atoms with Gasteiger partial charge in [-0.25, -0.2) is 9.97 Å². The molecule has 0 amide bonds. The molecule has 0 aliphatic heterocycles. The molecule has 3 rings (SSSR count). The number of hydrogen-bond donors (Lipinski definition) is 0. The standard InChI is InChI=1S/C16H22ClN3/c1-12-6-3-2-4-8-14(12)20-15(9-10-17)19-13-7-5-11-18-16(13)20/h5,7,11-12,14H,2-4,6,8-10H2,1H3. The molecule has 108 valence electrons. The van der Waals surface area contributed by atoms with Gasteiger partial charge in [0.1, 0.15) is 11.3 Å². The monoisotopic (exact) mass is 291 g/mol. The van der Waals surface area contributed by atoms with Crippen LogP contribution >= 0.6 is 11.6 Å². The smallest absolute Gasteiger partial charge is 0.160 e. The van der Waals surface area contributed by atoms with Crippen LogP contribution < -0.4 is 0 Å². The summed E-state index contributed by atoms with van der Waals surface area (Å²) < 4.78 is 2.38. The fourth-order valence-electron chi connectivity index (χ4n) is 3.44. The molecule has 3 nitrogen and oxygen atoms in total. The number of hydrogen-bond acceptors (Lipinski definition) is 2. The number of imidazole rings is 1. The van der Waals surface area contributed by atoms with Crippen LogP contribution in [0.15, 0.2) is 18.3 Å². The molecule has 0 spiro atoms. The zero-order chi connectivity index (χ0) is 13.9. The van der Waals surface area contributed by atoms with Crippen molar-refractivity contribution in [3.05, 3.63) is 24.2 Å². The number of aromatic nitrogens is 3. The van der Waals surface area contributed by atoms with Crippen molar-refractivity contribution in [2.75, 3.05) is 5.88 Å². The summed E-state index contributed by atoms with van der Waals surface area (Å²) in [5, 5.41) is 0. The Bertz CT molecular complexity index is 578. The topological polar surface area (TPSA) is 30.7 Å². The van der Waals surface area contributed by atoms with E-state index < -0.39 is 0 Å². The van der Waals surface area contributed by atoms with E-state index in [2.05, 4.69) is 22.5 Å². The lowest BCUT2D eigenvalue weighted by atomic mass is 9.96. The van der Waals surface area contributed by atoms with Crippen LogP contribution in [0.25, 0.3) is 11.2 Å². The van der Waals surface area contributed by atoms with Crippen LogP contribution in [0.5, 0.6) is 0 Å². The third-order valence-electron chi connectivity index (χ3n) is 4.49. The van der Waals surface area contributed by atoms with Crippen molar-refractivity contribution in [2.45, 2.75) is 51.5 Å². The number of pyridine rings is 1. The molecule has 0 bridgehead atoms. The first-order valence-electron chi connectivity index (χ1n) is 7.69. The highest BCUT2D eigenvalue weighted by molar-refractivity contribution is 6.17. The fourth-order valence-corrected chi connectivity index (χ4v) is 3.61. The number of alkyl halides is 1. The lowest BCUT2D eigenvalue weighted by molar-refractivity contribution is 0.332. The SMILES string of the molecule is CC1CCCCCC1n1c(CCCl)nc2cccnc21. The van der Waals surface area contributed by atoms with Crippen molar-refractivity contribution >= 4 is 22.8 Å². The van der Waals surface area contributed by atoms with Crippen LogP contribution in [0, 0.1) is 5.92 Å². The summed E-state index contributed by atoms with van der Waals surface area (Å²) in [5.41, 5.74) is 2.04. The summed E-state index contributed by atoms with van der Waals surface area (Å²) in [5.74, 6) is 2.41. The molecule has 2 unspecified atom stereocenters. The third-order valence-corrected chi connectivity index (χ3v) is 4.68. The number of halogens is 1. The Morgan fingerprint density at radius 3 is 3.00 bits per heavy atom. The van der Waals surface area contributed by atoms with Crippen molar-refractivity contribution < 1.29 is 0 Å². The number of rotatable bonds is 3. The average Bonchev–Trinajstić information content (AvgIpc) is 2.67. The first-order valence-corrected chi connectivity index (χ1v) is 8.22. The van der Waals surface area contributed by atoms with Crippen molar-refractivity contribution in [1.29, 1.82) is 0 Å². The average molecular weight is 292 g/mol. The van der Waals surface area contributed by atoms with E-state index in [0.717, 1.165) is 23.4 Å². The molecule has 2 aromatic rings. The second-order valence-electron chi connectivity index (χ2n) is 5.87. The molecule has 0 saturated heterocycles. The van der Waals surface area contributed by atoms with Gasteiger partial charge in [0.2, 0.25) is 0 Å². The minimum atomic E-state index is 0.524. The molecule has 20 heavy (non-hydrogen) atoms. The molecule has 4 heteroatoms. The zero-order valence-corrected chi connectivity index (χ0v) is 12.8. The molecule has 1 aliphatic rings. The molecule has 1 aliphatic carbocycles. The van der Waals surface area contributed by atoms with E-state index in [9.17, 15) is 0 Å². The van der Waals surface area contributed by atoms with Crippen LogP contribution in [0.3, 0.4) is 0 Å². The van der Waals surface area contributed by atoms with Gasteiger partial charge in [-0.05, 0) is 30.9 Å². The van der Waals surface area contributed by atoms with Crippen LogP contribution in [0.4, 0.5) is 0 Å².